The monoisotopic (exact) mass is 358 g/mol. The van der Waals surface area contributed by atoms with E-state index in [0.29, 0.717) is 5.92 Å². The van der Waals surface area contributed by atoms with Gasteiger partial charge in [0, 0.05) is 0 Å². The average molecular weight is 358 g/mol. The van der Waals surface area contributed by atoms with Crippen molar-refractivity contribution in [1.82, 2.24) is 0 Å². The summed E-state index contributed by atoms with van der Waals surface area (Å²) in [6.07, 6.45) is 5.96. The minimum absolute atomic E-state index is 0.111. The number of fused-ring (bicyclic) bond motifs is 1. The first-order valence-electron chi connectivity index (χ1n) is 9.92. The predicted octanol–water partition coefficient (Wildman–Crippen LogP) is 6.34. The molecule has 2 nitrogen and oxygen atoms in total. The lowest BCUT2D eigenvalue weighted by Gasteiger charge is -2.19. The highest BCUT2D eigenvalue weighted by molar-refractivity contribution is 5.96. The summed E-state index contributed by atoms with van der Waals surface area (Å²) in [7, 11) is 1.49. The van der Waals surface area contributed by atoms with Gasteiger partial charge in [-0.15, -0.1) is 0 Å². The maximum atomic E-state index is 12.4. The van der Waals surface area contributed by atoms with Crippen LogP contribution in [0.25, 0.3) is 21.9 Å². The van der Waals surface area contributed by atoms with Gasteiger partial charge < -0.3 is 4.74 Å². The van der Waals surface area contributed by atoms with E-state index in [4.69, 9.17) is 4.74 Å². The summed E-state index contributed by atoms with van der Waals surface area (Å²) in [5.74, 6) is 0.381. The van der Waals surface area contributed by atoms with Crippen molar-refractivity contribution in [3.05, 3.63) is 72.3 Å². The first-order valence-corrected chi connectivity index (χ1v) is 9.92. The van der Waals surface area contributed by atoms with Crippen LogP contribution in [0.4, 0.5) is 0 Å². The highest BCUT2D eigenvalue weighted by atomic mass is 16.5. The molecule has 0 bridgehead atoms. The van der Waals surface area contributed by atoms with Crippen molar-refractivity contribution in [2.75, 3.05) is 7.11 Å². The van der Waals surface area contributed by atoms with Gasteiger partial charge in [-0.25, -0.2) is 0 Å². The Balaban J connectivity index is 1.64. The maximum absolute atomic E-state index is 12.4. The number of hydrogen-bond acceptors (Lipinski definition) is 2. The van der Waals surface area contributed by atoms with Crippen molar-refractivity contribution in [3.63, 3.8) is 0 Å². The Morgan fingerprint density at radius 2 is 1.67 bits per heavy atom. The Bertz CT molecular complexity index is 915. The minimum Gasteiger partial charge on any atom is -0.469 e. The second kappa shape index (κ2) is 7.96. The van der Waals surface area contributed by atoms with Gasteiger partial charge in [-0.3, -0.25) is 4.79 Å². The van der Waals surface area contributed by atoms with Crippen molar-refractivity contribution < 1.29 is 9.53 Å². The predicted molar refractivity (Wildman–Crippen MR) is 111 cm³/mol. The highest BCUT2D eigenvalue weighted by Crippen LogP contribution is 2.36. The number of carbonyl (C=O) groups is 1. The molecule has 1 fully saturated rings. The van der Waals surface area contributed by atoms with E-state index in [9.17, 15) is 4.79 Å². The first-order chi connectivity index (χ1) is 13.3. The third kappa shape index (κ3) is 3.75. The van der Waals surface area contributed by atoms with Crippen LogP contribution in [-0.4, -0.2) is 13.1 Å². The number of rotatable bonds is 5. The van der Waals surface area contributed by atoms with Crippen LogP contribution in [0.5, 0.6) is 0 Å². The molecule has 4 rings (SSSR count). The molecule has 3 aromatic carbocycles. The van der Waals surface area contributed by atoms with Crippen LogP contribution in [0, 0.1) is 5.92 Å². The third-order valence-electron chi connectivity index (χ3n) is 5.94. The zero-order valence-electron chi connectivity index (χ0n) is 15.9. The fourth-order valence-corrected chi connectivity index (χ4v) is 4.46. The fraction of sp³-hybridized carbons (Fsp3) is 0.320. The summed E-state index contributed by atoms with van der Waals surface area (Å²) >= 11 is 0. The van der Waals surface area contributed by atoms with Gasteiger partial charge in [-0.05, 0) is 39.8 Å². The first kappa shape index (κ1) is 17.8. The Hall–Kier alpha value is -2.61. The number of hydrogen-bond donors (Lipinski definition) is 0. The molecule has 1 atom stereocenters. The largest absolute Gasteiger partial charge is 0.469 e. The van der Waals surface area contributed by atoms with Crippen molar-refractivity contribution in [2.45, 2.75) is 38.0 Å². The maximum Gasteiger partial charge on any atom is 0.313 e. The topological polar surface area (TPSA) is 26.3 Å². The second-order valence-electron chi connectivity index (χ2n) is 7.61. The fourth-order valence-electron chi connectivity index (χ4n) is 4.46. The van der Waals surface area contributed by atoms with E-state index in [0.717, 1.165) is 12.0 Å². The summed E-state index contributed by atoms with van der Waals surface area (Å²) < 4.78 is 5.11. The Morgan fingerprint density at radius 3 is 2.41 bits per heavy atom. The van der Waals surface area contributed by atoms with Crippen LogP contribution >= 0.6 is 0 Å². The standard InChI is InChI=1S/C25H26O2/c1-27-25(26)24(17-18-7-2-3-8-18)21-15-13-20(14-16-21)23-12-6-10-19-9-4-5-11-22(19)23/h4-6,9-16,18,24H,2-3,7-8,17H2,1H3. The molecule has 27 heavy (non-hydrogen) atoms. The Labute approximate surface area is 161 Å². The molecule has 1 aliphatic carbocycles. The molecule has 0 aliphatic heterocycles. The van der Waals surface area contributed by atoms with E-state index < -0.39 is 0 Å². The third-order valence-corrected chi connectivity index (χ3v) is 5.94. The molecular weight excluding hydrogens is 332 g/mol. The highest BCUT2D eigenvalue weighted by Gasteiger charge is 2.27. The van der Waals surface area contributed by atoms with Gasteiger partial charge in [0.1, 0.15) is 0 Å². The summed E-state index contributed by atoms with van der Waals surface area (Å²) in [4.78, 5) is 12.4. The van der Waals surface area contributed by atoms with E-state index in [1.165, 1.54) is 54.7 Å². The molecule has 2 heteroatoms. The molecule has 3 aromatic rings. The molecule has 0 radical (unpaired) electrons. The normalized spacial score (nSPS) is 15.7. The lowest BCUT2D eigenvalue weighted by molar-refractivity contribution is -0.142. The number of methoxy groups -OCH3 is 1. The van der Waals surface area contributed by atoms with Crippen LogP contribution in [0.3, 0.4) is 0 Å². The minimum atomic E-state index is -0.153. The Kier molecular flexibility index (Phi) is 5.24. The zero-order chi connectivity index (χ0) is 18.6. The van der Waals surface area contributed by atoms with Crippen molar-refractivity contribution in [2.24, 2.45) is 5.92 Å². The lowest BCUT2D eigenvalue weighted by Crippen LogP contribution is -2.17. The smallest absolute Gasteiger partial charge is 0.313 e. The van der Waals surface area contributed by atoms with E-state index >= 15 is 0 Å². The molecule has 1 unspecified atom stereocenters. The molecular formula is C25H26O2. The lowest BCUT2D eigenvalue weighted by atomic mass is 9.87. The number of esters is 1. The van der Waals surface area contributed by atoms with Crippen molar-refractivity contribution >= 4 is 16.7 Å². The van der Waals surface area contributed by atoms with Crippen LogP contribution in [-0.2, 0) is 9.53 Å². The molecule has 0 N–H and O–H groups in total. The Morgan fingerprint density at radius 1 is 0.963 bits per heavy atom. The SMILES string of the molecule is COC(=O)C(CC1CCCC1)c1ccc(-c2cccc3ccccc23)cc1. The van der Waals surface area contributed by atoms with Gasteiger partial charge in [0.25, 0.3) is 0 Å². The molecule has 138 valence electrons. The zero-order valence-corrected chi connectivity index (χ0v) is 15.9. The van der Waals surface area contributed by atoms with Gasteiger partial charge in [-0.1, -0.05) is 92.4 Å². The van der Waals surface area contributed by atoms with E-state index in [2.05, 4.69) is 66.7 Å². The number of ether oxygens (including phenoxy) is 1. The van der Waals surface area contributed by atoms with Crippen LogP contribution in [0.15, 0.2) is 66.7 Å². The molecule has 0 saturated heterocycles. The summed E-state index contributed by atoms with van der Waals surface area (Å²) in [5.41, 5.74) is 3.47. The summed E-state index contributed by atoms with van der Waals surface area (Å²) in [6, 6.07) is 23.3. The van der Waals surface area contributed by atoms with Crippen LogP contribution in [0.2, 0.25) is 0 Å². The average Bonchev–Trinajstić information content (AvgIpc) is 3.24. The second-order valence-corrected chi connectivity index (χ2v) is 7.61. The summed E-state index contributed by atoms with van der Waals surface area (Å²) in [6.45, 7) is 0. The van der Waals surface area contributed by atoms with Gasteiger partial charge in [0.2, 0.25) is 0 Å². The number of benzene rings is 3. The van der Waals surface area contributed by atoms with Gasteiger partial charge in [0.05, 0.1) is 13.0 Å². The summed E-state index contributed by atoms with van der Waals surface area (Å²) in [5, 5.41) is 2.50. The molecule has 1 aliphatic rings. The van der Waals surface area contributed by atoms with Crippen molar-refractivity contribution in [1.29, 1.82) is 0 Å². The van der Waals surface area contributed by atoms with Crippen LogP contribution in [0.1, 0.15) is 43.6 Å². The molecule has 0 amide bonds. The molecule has 0 spiro atoms. The van der Waals surface area contributed by atoms with E-state index in [-0.39, 0.29) is 11.9 Å². The van der Waals surface area contributed by atoms with Gasteiger partial charge in [0.15, 0.2) is 0 Å². The molecule has 0 heterocycles. The van der Waals surface area contributed by atoms with Gasteiger partial charge >= 0.3 is 5.97 Å². The molecule has 0 aromatic heterocycles. The number of carbonyl (C=O) groups excluding carboxylic acids is 1. The van der Waals surface area contributed by atoms with Crippen LogP contribution < -0.4 is 0 Å². The quantitative estimate of drug-likeness (QED) is 0.497. The van der Waals surface area contributed by atoms with E-state index in [1.807, 2.05) is 0 Å². The van der Waals surface area contributed by atoms with Crippen molar-refractivity contribution in [3.8, 4) is 11.1 Å². The van der Waals surface area contributed by atoms with E-state index in [1.54, 1.807) is 0 Å². The molecule has 1 saturated carbocycles. The van der Waals surface area contributed by atoms with Gasteiger partial charge in [-0.2, -0.15) is 0 Å².